The number of nitrogens with one attached hydrogen (secondary N) is 1. The largest absolute Gasteiger partial charge is 0.314 e. The predicted molar refractivity (Wildman–Crippen MR) is 74.0 cm³/mol. The molecule has 0 aromatic carbocycles. The summed E-state index contributed by atoms with van der Waals surface area (Å²) in [6.45, 7) is 5.46. The second kappa shape index (κ2) is 4.73. The molecule has 0 saturated carbocycles. The molecule has 0 spiro atoms. The fourth-order valence-electron chi connectivity index (χ4n) is 2.78. The van der Waals surface area contributed by atoms with Crippen LogP contribution in [0.4, 0.5) is 0 Å². The lowest BCUT2D eigenvalue weighted by atomic mass is 10.0. The van der Waals surface area contributed by atoms with Gasteiger partial charge in [-0.1, -0.05) is 6.42 Å². The molecule has 1 aliphatic rings. The average molecular weight is 243 g/mol. The zero-order chi connectivity index (χ0) is 12.5. The van der Waals surface area contributed by atoms with E-state index < -0.39 is 0 Å². The Morgan fingerprint density at radius 2 is 2.28 bits per heavy atom. The normalized spacial score (nSPS) is 20.4. The van der Waals surface area contributed by atoms with Crippen molar-refractivity contribution in [3.63, 3.8) is 0 Å². The molecule has 0 unspecified atom stereocenters. The Kier molecular flexibility index (Phi) is 3.08. The monoisotopic (exact) mass is 243 g/mol. The lowest BCUT2D eigenvalue weighted by Gasteiger charge is -2.22. The fraction of sp³-hybridized carbons (Fsp3) is 0.533. The summed E-state index contributed by atoms with van der Waals surface area (Å²) in [6.07, 6.45) is 9.30. The molecule has 3 heterocycles. The van der Waals surface area contributed by atoms with Crippen LogP contribution in [0.1, 0.15) is 36.1 Å². The van der Waals surface area contributed by atoms with Gasteiger partial charge >= 0.3 is 0 Å². The number of aromatic nitrogens is 2. The summed E-state index contributed by atoms with van der Waals surface area (Å²) in [4.78, 5) is 4.79. The maximum Gasteiger partial charge on any atom is 0.140 e. The number of pyridine rings is 1. The predicted octanol–water partition coefficient (Wildman–Crippen LogP) is 2.64. The van der Waals surface area contributed by atoms with Crippen LogP contribution in [0.2, 0.25) is 0 Å². The first-order valence-corrected chi connectivity index (χ1v) is 6.91. The molecule has 2 aromatic heterocycles. The van der Waals surface area contributed by atoms with Crippen molar-refractivity contribution >= 4 is 5.65 Å². The zero-order valence-corrected chi connectivity index (χ0v) is 11.2. The van der Waals surface area contributed by atoms with E-state index in [1.54, 1.807) is 0 Å². The van der Waals surface area contributed by atoms with Crippen LogP contribution in [0.3, 0.4) is 0 Å². The molecule has 3 heteroatoms. The van der Waals surface area contributed by atoms with Gasteiger partial charge in [0.05, 0.1) is 5.69 Å². The van der Waals surface area contributed by atoms with Crippen molar-refractivity contribution in [1.82, 2.24) is 14.7 Å². The maximum absolute atomic E-state index is 4.79. The SMILES string of the molecule is Cc1ccn2cc(C[C@@H]3CCCCN3)nc2c1C. The second-order valence-corrected chi connectivity index (χ2v) is 5.44. The summed E-state index contributed by atoms with van der Waals surface area (Å²) in [5, 5.41) is 3.59. The summed E-state index contributed by atoms with van der Waals surface area (Å²) in [7, 11) is 0. The van der Waals surface area contributed by atoms with Gasteiger partial charge in [0.15, 0.2) is 0 Å². The van der Waals surface area contributed by atoms with E-state index in [1.807, 2.05) is 0 Å². The van der Waals surface area contributed by atoms with Crippen LogP contribution in [-0.4, -0.2) is 22.0 Å². The van der Waals surface area contributed by atoms with Gasteiger partial charge in [0.2, 0.25) is 0 Å². The van der Waals surface area contributed by atoms with Gasteiger partial charge in [-0.3, -0.25) is 0 Å². The first-order valence-electron chi connectivity index (χ1n) is 6.91. The molecule has 1 atom stereocenters. The van der Waals surface area contributed by atoms with Crippen molar-refractivity contribution in [1.29, 1.82) is 0 Å². The van der Waals surface area contributed by atoms with Crippen molar-refractivity contribution in [2.24, 2.45) is 0 Å². The summed E-state index contributed by atoms with van der Waals surface area (Å²) in [5.74, 6) is 0. The standard InChI is InChI=1S/C15H21N3/c1-11-6-8-18-10-14(17-15(18)12(11)2)9-13-5-3-4-7-16-13/h6,8,10,13,16H,3-5,7,9H2,1-2H3/t13-/m0/s1. The zero-order valence-electron chi connectivity index (χ0n) is 11.2. The average Bonchev–Trinajstić information content (AvgIpc) is 2.79. The van der Waals surface area contributed by atoms with Crippen molar-refractivity contribution in [2.45, 2.75) is 45.6 Å². The molecule has 0 amide bonds. The Morgan fingerprint density at radius 3 is 3.06 bits per heavy atom. The molecule has 2 aromatic rings. The highest BCUT2D eigenvalue weighted by atomic mass is 15.0. The minimum absolute atomic E-state index is 0.616. The van der Waals surface area contributed by atoms with Crippen LogP contribution < -0.4 is 5.32 Å². The maximum atomic E-state index is 4.79. The lowest BCUT2D eigenvalue weighted by Crippen LogP contribution is -2.35. The molecule has 3 nitrogen and oxygen atoms in total. The van der Waals surface area contributed by atoms with Crippen molar-refractivity contribution < 1.29 is 0 Å². The molecule has 1 fully saturated rings. The van der Waals surface area contributed by atoms with Crippen LogP contribution in [0.25, 0.3) is 5.65 Å². The Hall–Kier alpha value is -1.35. The number of imidazole rings is 1. The quantitative estimate of drug-likeness (QED) is 0.878. The van der Waals surface area contributed by atoms with Gasteiger partial charge < -0.3 is 9.72 Å². The van der Waals surface area contributed by atoms with Crippen LogP contribution >= 0.6 is 0 Å². The highest BCUT2D eigenvalue weighted by Crippen LogP contribution is 2.17. The van der Waals surface area contributed by atoms with E-state index in [4.69, 9.17) is 4.98 Å². The fourth-order valence-corrected chi connectivity index (χ4v) is 2.78. The molecule has 96 valence electrons. The molecule has 1 aliphatic heterocycles. The molecule has 1 saturated heterocycles. The Morgan fingerprint density at radius 1 is 1.39 bits per heavy atom. The number of rotatable bonds is 2. The van der Waals surface area contributed by atoms with E-state index in [0.717, 1.165) is 18.6 Å². The number of hydrogen-bond donors (Lipinski definition) is 1. The summed E-state index contributed by atoms with van der Waals surface area (Å²) < 4.78 is 2.15. The van der Waals surface area contributed by atoms with Gasteiger partial charge in [-0.15, -0.1) is 0 Å². The van der Waals surface area contributed by atoms with E-state index in [0.29, 0.717) is 6.04 Å². The van der Waals surface area contributed by atoms with Crippen LogP contribution in [0.15, 0.2) is 18.5 Å². The Bertz CT molecular complexity index is 550. The Labute approximate surface area is 108 Å². The van der Waals surface area contributed by atoms with Crippen LogP contribution in [0, 0.1) is 13.8 Å². The van der Waals surface area contributed by atoms with E-state index >= 15 is 0 Å². The smallest absolute Gasteiger partial charge is 0.140 e. The molecule has 3 rings (SSSR count). The third-order valence-corrected chi connectivity index (χ3v) is 4.06. The summed E-state index contributed by atoms with van der Waals surface area (Å²) in [5.41, 5.74) is 4.93. The molecule has 1 N–H and O–H groups in total. The highest BCUT2D eigenvalue weighted by molar-refractivity contribution is 5.51. The van der Waals surface area contributed by atoms with E-state index in [2.05, 4.69) is 42.0 Å². The minimum Gasteiger partial charge on any atom is -0.314 e. The number of nitrogens with zero attached hydrogens (tertiary/aromatic N) is 2. The summed E-state index contributed by atoms with van der Waals surface area (Å²) in [6, 6.07) is 2.78. The first-order chi connectivity index (χ1) is 8.74. The molecule has 0 radical (unpaired) electrons. The van der Waals surface area contributed by atoms with Gasteiger partial charge in [0.25, 0.3) is 0 Å². The number of fused-ring (bicyclic) bond motifs is 1. The highest BCUT2D eigenvalue weighted by Gasteiger charge is 2.15. The van der Waals surface area contributed by atoms with Gasteiger partial charge in [-0.25, -0.2) is 4.98 Å². The van der Waals surface area contributed by atoms with E-state index in [1.165, 1.54) is 36.1 Å². The lowest BCUT2D eigenvalue weighted by molar-refractivity contribution is 0.397. The molecular weight excluding hydrogens is 222 g/mol. The Balaban J connectivity index is 1.86. The minimum atomic E-state index is 0.616. The van der Waals surface area contributed by atoms with E-state index in [9.17, 15) is 0 Å². The van der Waals surface area contributed by atoms with Gasteiger partial charge in [0.1, 0.15) is 5.65 Å². The van der Waals surface area contributed by atoms with Crippen molar-refractivity contribution in [2.75, 3.05) is 6.54 Å². The van der Waals surface area contributed by atoms with Gasteiger partial charge in [-0.05, 0) is 50.4 Å². The number of aryl methyl sites for hydroxylation is 2. The van der Waals surface area contributed by atoms with Crippen LogP contribution in [0.5, 0.6) is 0 Å². The first kappa shape index (κ1) is 11.7. The molecule has 0 aliphatic carbocycles. The van der Waals surface area contributed by atoms with Crippen molar-refractivity contribution in [3.8, 4) is 0 Å². The van der Waals surface area contributed by atoms with Crippen LogP contribution in [-0.2, 0) is 6.42 Å². The second-order valence-electron chi connectivity index (χ2n) is 5.44. The number of hydrogen-bond acceptors (Lipinski definition) is 2. The van der Waals surface area contributed by atoms with E-state index in [-0.39, 0.29) is 0 Å². The molecule has 0 bridgehead atoms. The topological polar surface area (TPSA) is 29.3 Å². The summed E-state index contributed by atoms with van der Waals surface area (Å²) >= 11 is 0. The molecule has 18 heavy (non-hydrogen) atoms. The molecular formula is C15H21N3. The van der Waals surface area contributed by atoms with Crippen molar-refractivity contribution in [3.05, 3.63) is 35.3 Å². The van der Waals surface area contributed by atoms with Gasteiger partial charge in [0, 0.05) is 24.9 Å². The number of piperidine rings is 1. The third kappa shape index (κ3) is 2.15. The van der Waals surface area contributed by atoms with Gasteiger partial charge in [-0.2, -0.15) is 0 Å². The third-order valence-electron chi connectivity index (χ3n) is 4.06.